The number of nitrogens with one attached hydrogen (secondary N) is 1. The van der Waals surface area contributed by atoms with E-state index in [0.29, 0.717) is 28.4 Å². The van der Waals surface area contributed by atoms with Crippen LogP contribution < -0.4 is 10.9 Å². The van der Waals surface area contributed by atoms with Crippen molar-refractivity contribution in [3.05, 3.63) is 70.5 Å². The highest BCUT2D eigenvalue weighted by Crippen LogP contribution is 2.21. The number of nitrogens with zero attached hydrogens (tertiary/aromatic N) is 4. The van der Waals surface area contributed by atoms with Crippen LogP contribution >= 0.6 is 11.8 Å². The molecule has 2 aromatic heterocycles. The van der Waals surface area contributed by atoms with Gasteiger partial charge < -0.3 is 5.32 Å². The van der Waals surface area contributed by atoms with Crippen LogP contribution in [0.3, 0.4) is 0 Å². The summed E-state index contributed by atoms with van der Waals surface area (Å²) in [5, 5.41) is 12.2. The average molecular weight is 403 g/mol. The first-order valence-corrected chi connectivity index (χ1v) is 9.91. The largest absolute Gasteiger partial charge is 0.344 e. The predicted molar refractivity (Wildman–Crippen MR) is 113 cm³/mol. The number of benzene rings is 2. The summed E-state index contributed by atoms with van der Waals surface area (Å²) >= 11 is 1.24. The van der Waals surface area contributed by atoms with Crippen LogP contribution in [0.1, 0.15) is 5.56 Å². The van der Waals surface area contributed by atoms with E-state index >= 15 is 0 Å². The maximum absolute atomic E-state index is 13.1. The molecule has 0 saturated heterocycles. The maximum Gasteiger partial charge on any atom is 0.263 e. The third kappa shape index (κ3) is 3.73. The number of aromatic nitrogens is 4. The molecule has 0 atom stereocenters. The van der Waals surface area contributed by atoms with Gasteiger partial charge in [0.2, 0.25) is 11.7 Å². The van der Waals surface area contributed by atoms with Crippen LogP contribution in [0.25, 0.3) is 16.7 Å². The molecule has 0 unspecified atom stereocenters. The van der Waals surface area contributed by atoms with Gasteiger partial charge in [-0.1, -0.05) is 60.1 Å². The zero-order chi connectivity index (χ0) is 20.2. The van der Waals surface area contributed by atoms with Gasteiger partial charge in [0.05, 0.1) is 29.7 Å². The van der Waals surface area contributed by atoms with E-state index in [0.717, 1.165) is 5.56 Å². The minimum absolute atomic E-state index is 0.132. The van der Waals surface area contributed by atoms with Crippen LogP contribution in [0.4, 0.5) is 0 Å². The van der Waals surface area contributed by atoms with Crippen molar-refractivity contribution in [1.29, 1.82) is 0 Å². The summed E-state index contributed by atoms with van der Waals surface area (Å²) in [5.41, 5.74) is 1.55. The second-order valence-corrected chi connectivity index (χ2v) is 7.22. The van der Waals surface area contributed by atoms with E-state index < -0.39 is 0 Å². The smallest absolute Gasteiger partial charge is 0.263 e. The van der Waals surface area contributed by atoms with Crippen molar-refractivity contribution in [3.63, 3.8) is 0 Å². The first kappa shape index (κ1) is 18.8. The third-order valence-electron chi connectivity index (χ3n) is 4.38. The average Bonchev–Trinajstić information content (AvgIpc) is 3.18. The zero-order valence-corrected chi connectivity index (χ0v) is 16.2. The van der Waals surface area contributed by atoms with Gasteiger partial charge in [0.25, 0.3) is 5.56 Å². The van der Waals surface area contributed by atoms with Gasteiger partial charge in [-0.3, -0.25) is 18.6 Å². The summed E-state index contributed by atoms with van der Waals surface area (Å²) in [6, 6.07) is 17.0. The molecule has 1 amide bonds. The third-order valence-corrected chi connectivity index (χ3v) is 5.31. The van der Waals surface area contributed by atoms with Gasteiger partial charge in [-0.25, -0.2) is 0 Å². The molecular formula is C21H17N5O2S. The van der Waals surface area contributed by atoms with E-state index in [2.05, 4.69) is 21.4 Å². The Hall–Kier alpha value is -3.57. The summed E-state index contributed by atoms with van der Waals surface area (Å²) < 4.78 is 3.42. The Morgan fingerprint density at radius 1 is 1.10 bits per heavy atom. The van der Waals surface area contributed by atoms with Crippen LogP contribution in [0.5, 0.6) is 0 Å². The fourth-order valence-corrected chi connectivity index (χ4v) is 3.84. The fraction of sp³-hybridized carbons (Fsp3) is 0.143. The number of rotatable bonds is 6. The van der Waals surface area contributed by atoms with Gasteiger partial charge in [-0.2, -0.15) is 0 Å². The lowest BCUT2D eigenvalue weighted by atomic mass is 10.2. The number of amides is 1. The second-order valence-electron chi connectivity index (χ2n) is 6.28. The lowest BCUT2D eigenvalue weighted by Crippen LogP contribution is -2.25. The molecule has 0 bridgehead atoms. The Labute approximate surface area is 170 Å². The molecule has 8 heteroatoms. The summed E-state index contributed by atoms with van der Waals surface area (Å²) in [6.07, 6.45) is 5.17. The Bertz CT molecular complexity index is 1290. The molecule has 0 spiro atoms. The van der Waals surface area contributed by atoms with Crippen LogP contribution in [-0.4, -0.2) is 37.4 Å². The van der Waals surface area contributed by atoms with Crippen molar-refractivity contribution in [2.75, 3.05) is 12.3 Å². The van der Waals surface area contributed by atoms with Gasteiger partial charge in [-0.15, -0.1) is 16.6 Å². The molecule has 1 N–H and O–H groups in total. The van der Waals surface area contributed by atoms with Crippen molar-refractivity contribution in [3.8, 4) is 12.3 Å². The number of thioether (sulfide) groups is 1. The molecule has 0 saturated carbocycles. The number of hydrogen-bond acceptors (Lipinski definition) is 5. The van der Waals surface area contributed by atoms with E-state index in [1.165, 1.54) is 11.8 Å². The number of fused-ring (bicyclic) bond motifs is 3. The molecule has 29 heavy (non-hydrogen) atoms. The summed E-state index contributed by atoms with van der Waals surface area (Å²) in [7, 11) is 0. The van der Waals surface area contributed by atoms with Crippen LogP contribution in [-0.2, 0) is 11.3 Å². The first-order valence-electron chi connectivity index (χ1n) is 8.92. The maximum atomic E-state index is 13.1. The molecule has 0 fully saturated rings. The molecule has 0 radical (unpaired) electrons. The molecule has 7 nitrogen and oxygen atoms in total. The Kier molecular flexibility index (Phi) is 5.31. The monoisotopic (exact) mass is 403 g/mol. The Balaban J connectivity index is 1.81. The number of para-hydroxylation sites is 1. The van der Waals surface area contributed by atoms with Gasteiger partial charge in [0.1, 0.15) is 0 Å². The van der Waals surface area contributed by atoms with Crippen LogP contribution in [0.2, 0.25) is 0 Å². The molecule has 0 aliphatic carbocycles. The van der Waals surface area contributed by atoms with Crippen molar-refractivity contribution >= 4 is 34.3 Å². The van der Waals surface area contributed by atoms with Crippen molar-refractivity contribution in [2.24, 2.45) is 0 Å². The molecule has 4 aromatic rings. The molecular weight excluding hydrogens is 386 g/mol. The topological polar surface area (TPSA) is 81.3 Å². The number of hydrogen-bond donors (Lipinski definition) is 1. The summed E-state index contributed by atoms with van der Waals surface area (Å²) in [4.78, 5) is 25.1. The van der Waals surface area contributed by atoms with E-state index in [1.807, 2.05) is 52.9 Å². The lowest BCUT2D eigenvalue weighted by Gasteiger charge is -2.11. The highest BCUT2D eigenvalue weighted by atomic mass is 32.2. The Morgan fingerprint density at radius 2 is 1.86 bits per heavy atom. The minimum Gasteiger partial charge on any atom is -0.344 e. The summed E-state index contributed by atoms with van der Waals surface area (Å²) in [6.45, 7) is 0.555. The molecule has 144 valence electrons. The lowest BCUT2D eigenvalue weighted by molar-refractivity contribution is -0.118. The fourth-order valence-electron chi connectivity index (χ4n) is 3.07. The van der Waals surface area contributed by atoms with Crippen molar-refractivity contribution in [2.45, 2.75) is 11.7 Å². The highest BCUT2D eigenvalue weighted by Gasteiger charge is 2.17. The van der Waals surface area contributed by atoms with Crippen LogP contribution in [0.15, 0.2) is 64.5 Å². The van der Waals surface area contributed by atoms with Crippen molar-refractivity contribution in [1.82, 2.24) is 24.5 Å². The number of terminal acetylenes is 1. The van der Waals surface area contributed by atoms with Gasteiger partial charge in [0.15, 0.2) is 5.16 Å². The molecule has 4 rings (SSSR count). The number of carbonyl (C=O) groups excluding carboxylic acids is 1. The van der Waals surface area contributed by atoms with Gasteiger partial charge >= 0.3 is 0 Å². The normalized spacial score (nSPS) is 10.9. The van der Waals surface area contributed by atoms with E-state index in [4.69, 9.17) is 6.42 Å². The standard InChI is InChI=1S/C21H17N5O2S/c1-2-12-22-18(27)14-29-21-24-23-20-25(13-15-8-4-3-5-9-15)19(28)16-10-6-7-11-17(16)26(20)21/h1,3-11H,12-14H2,(H,22,27). The first-order chi connectivity index (χ1) is 14.2. The van der Waals surface area contributed by atoms with E-state index in [-0.39, 0.29) is 23.8 Å². The molecule has 2 aromatic carbocycles. The van der Waals surface area contributed by atoms with Gasteiger partial charge in [-0.05, 0) is 17.7 Å². The van der Waals surface area contributed by atoms with Crippen LogP contribution in [0, 0.1) is 12.3 Å². The van der Waals surface area contributed by atoms with Gasteiger partial charge in [0, 0.05) is 0 Å². The molecule has 0 aliphatic heterocycles. The molecule has 2 heterocycles. The molecule has 0 aliphatic rings. The highest BCUT2D eigenvalue weighted by molar-refractivity contribution is 7.99. The predicted octanol–water partition coefficient (Wildman–Crippen LogP) is 1.93. The quantitative estimate of drug-likeness (QED) is 0.393. The Morgan fingerprint density at radius 3 is 2.66 bits per heavy atom. The number of carbonyl (C=O) groups is 1. The van der Waals surface area contributed by atoms with E-state index in [1.54, 1.807) is 10.6 Å². The SMILES string of the molecule is C#CCNC(=O)CSc1nnc2n(Cc3ccccc3)c(=O)c3ccccc3n12. The van der Waals surface area contributed by atoms with E-state index in [9.17, 15) is 9.59 Å². The van der Waals surface area contributed by atoms with Crippen molar-refractivity contribution < 1.29 is 4.79 Å². The second kappa shape index (κ2) is 8.20. The zero-order valence-electron chi connectivity index (χ0n) is 15.4. The minimum atomic E-state index is -0.188. The summed E-state index contributed by atoms with van der Waals surface area (Å²) in [5.74, 6) is 2.76.